The second-order valence-corrected chi connectivity index (χ2v) is 3.41. The van der Waals surface area contributed by atoms with Crippen LogP contribution in [-0.4, -0.2) is 22.8 Å². The summed E-state index contributed by atoms with van der Waals surface area (Å²) in [6.45, 7) is 5.15. The number of amides is 1. The van der Waals surface area contributed by atoms with Crippen molar-refractivity contribution in [1.29, 1.82) is 5.41 Å². The first-order chi connectivity index (χ1) is 6.49. The number of aliphatic hydroxyl groups excluding tert-OH is 1. The number of nitrogens with one attached hydrogen (secondary N) is 1. The number of carbonyl (C=O) groups is 1. The van der Waals surface area contributed by atoms with E-state index in [0.29, 0.717) is 19.3 Å². The Morgan fingerprint density at radius 3 is 2.64 bits per heavy atom. The molecule has 4 nitrogen and oxygen atoms in total. The zero-order valence-corrected chi connectivity index (χ0v) is 8.49. The molecule has 0 radical (unpaired) electrons. The SMILES string of the molecule is C=CC(=N)C(O)CCCC(C)C(N)=O. The highest BCUT2D eigenvalue weighted by Gasteiger charge is 2.11. The molecule has 0 bridgehead atoms. The van der Waals surface area contributed by atoms with E-state index in [1.54, 1.807) is 6.92 Å². The highest BCUT2D eigenvalue weighted by atomic mass is 16.3. The number of nitrogens with two attached hydrogens (primary N) is 1. The van der Waals surface area contributed by atoms with Gasteiger partial charge in [-0.05, 0) is 25.3 Å². The lowest BCUT2D eigenvalue weighted by Crippen LogP contribution is -2.22. The summed E-state index contributed by atoms with van der Waals surface area (Å²) in [5.41, 5.74) is 5.20. The molecule has 14 heavy (non-hydrogen) atoms. The molecular weight excluding hydrogens is 180 g/mol. The smallest absolute Gasteiger partial charge is 0.220 e. The van der Waals surface area contributed by atoms with Crippen LogP contribution < -0.4 is 5.73 Å². The Bertz CT molecular complexity index is 226. The zero-order chi connectivity index (χ0) is 11.1. The lowest BCUT2D eigenvalue weighted by Gasteiger charge is -2.10. The topological polar surface area (TPSA) is 87.2 Å². The lowest BCUT2D eigenvalue weighted by atomic mass is 10.0. The normalized spacial score (nSPS) is 14.4. The van der Waals surface area contributed by atoms with Gasteiger partial charge in [-0.1, -0.05) is 13.5 Å². The average Bonchev–Trinajstić information content (AvgIpc) is 2.15. The largest absolute Gasteiger partial charge is 0.387 e. The average molecular weight is 198 g/mol. The maximum atomic E-state index is 10.7. The molecule has 4 N–H and O–H groups in total. The summed E-state index contributed by atoms with van der Waals surface area (Å²) in [5, 5.41) is 16.6. The molecule has 0 aliphatic rings. The molecule has 0 saturated heterocycles. The molecule has 80 valence electrons. The second-order valence-electron chi connectivity index (χ2n) is 3.41. The van der Waals surface area contributed by atoms with E-state index in [1.807, 2.05) is 0 Å². The van der Waals surface area contributed by atoms with Crippen LogP contribution in [0.5, 0.6) is 0 Å². The summed E-state index contributed by atoms with van der Waals surface area (Å²) >= 11 is 0. The van der Waals surface area contributed by atoms with E-state index in [4.69, 9.17) is 11.1 Å². The van der Waals surface area contributed by atoms with Crippen LogP contribution >= 0.6 is 0 Å². The van der Waals surface area contributed by atoms with E-state index in [1.165, 1.54) is 6.08 Å². The molecule has 4 heteroatoms. The molecule has 0 heterocycles. The maximum Gasteiger partial charge on any atom is 0.220 e. The molecule has 2 atom stereocenters. The van der Waals surface area contributed by atoms with Gasteiger partial charge in [0.2, 0.25) is 5.91 Å². The van der Waals surface area contributed by atoms with Gasteiger partial charge in [-0.3, -0.25) is 4.79 Å². The van der Waals surface area contributed by atoms with Crippen molar-refractivity contribution < 1.29 is 9.90 Å². The highest BCUT2D eigenvalue weighted by Crippen LogP contribution is 2.09. The van der Waals surface area contributed by atoms with Crippen molar-refractivity contribution in [2.75, 3.05) is 0 Å². The molecule has 0 rings (SSSR count). The predicted molar refractivity (Wildman–Crippen MR) is 56.1 cm³/mol. The van der Waals surface area contributed by atoms with Gasteiger partial charge in [0.25, 0.3) is 0 Å². The van der Waals surface area contributed by atoms with Crippen LogP contribution in [-0.2, 0) is 4.79 Å². The van der Waals surface area contributed by atoms with Gasteiger partial charge in [0, 0.05) is 5.92 Å². The van der Waals surface area contributed by atoms with Gasteiger partial charge in [0.1, 0.15) is 0 Å². The Morgan fingerprint density at radius 1 is 1.64 bits per heavy atom. The first kappa shape index (κ1) is 12.8. The predicted octanol–water partition coefficient (Wildman–Crippen LogP) is 0.845. The van der Waals surface area contributed by atoms with Crippen LogP contribution in [0.3, 0.4) is 0 Å². The highest BCUT2D eigenvalue weighted by molar-refractivity contribution is 5.95. The van der Waals surface area contributed by atoms with E-state index < -0.39 is 6.10 Å². The number of hydrogen-bond acceptors (Lipinski definition) is 3. The summed E-state index contributed by atoms with van der Waals surface area (Å²) in [7, 11) is 0. The molecular formula is C10H18N2O2. The minimum Gasteiger partial charge on any atom is -0.387 e. The van der Waals surface area contributed by atoms with Gasteiger partial charge in [-0.25, -0.2) is 0 Å². The number of hydrogen-bond donors (Lipinski definition) is 3. The Kier molecular flexibility index (Phi) is 5.79. The number of aliphatic hydroxyl groups is 1. The fourth-order valence-corrected chi connectivity index (χ4v) is 1.05. The van der Waals surface area contributed by atoms with Crippen molar-refractivity contribution in [2.45, 2.75) is 32.3 Å². The first-order valence-electron chi connectivity index (χ1n) is 4.67. The van der Waals surface area contributed by atoms with Gasteiger partial charge in [0.15, 0.2) is 0 Å². The minimum absolute atomic E-state index is 0.122. The van der Waals surface area contributed by atoms with Gasteiger partial charge >= 0.3 is 0 Å². The number of rotatable bonds is 7. The van der Waals surface area contributed by atoms with Crippen molar-refractivity contribution in [3.8, 4) is 0 Å². The second kappa shape index (κ2) is 6.32. The first-order valence-corrected chi connectivity index (χ1v) is 4.67. The van der Waals surface area contributed by atoms with Crippen molar-refractivity contribution in [3.05, 3.63) is 12.7 Å². The van der Waals surface area contributed by atoms with Crippen molar-refractivity contribution in [2.24, 2.45) is 11.7 Å². The summed E-state index contributed by atoms with van der Waals surface area (Å²) in [6.07, 6.45) is 2.36. The fourth-order valence-electron chi connectivity index (χ4n) is 1.05. The molecule has 1 amide bonds. The summed E-state index contributed by atoms with van der Waals surface area (Å²) in [4.78, 5) is 10.7. The Hall–Kier alpha value is -1.16. The van der Waals surface area contributed by atoms with E-state index in [9.17, 15) is 9.90 Å². The van der Waals surface area contributed by atoms with Gasteiger partial charge < -0.3 is 16.2 Å². The third kappa shape index (κ3) is 4.77. The third-order valence-electron chi connectivity index (χ3n) is 2.18. The molecule has 0 aromatic heterocycles. The van der Waals surface area contributed by atoms with Crippen molar-refractivity contribution in [1.82, 2.24) is 0 Å². The van der Waals surface area contributed by atoms with E-state index in [0.717, 1.165) is 0 Å². The fraction of sp³-hybridized carbons (Fsp3) is 0.600. The van der Waals surface area contributed by atoms with E-state index in [-0.39, 0.29) is 17.5 Å². The summed E-state index contributed by atoms with van der Waals surface area (Å²) in [5.74, 6) is -0.488. The Labute approximate surface area is 84.3 Å². The maximum absolute atomic E-state index is 10.7. The Morgan fingerprint density at radius 2 is 2.21 bits per heavy atom. The lowest BCUT2D eigenvalue weighted by molar-refractivity contribution is -0.121. The summed E-state index contributed by atoms with van der Waals surface area (Å²) in [6, 6.07) is 0. The number of carbonyl (C=O) groups excluding carboxylic acids is 1. The van der Waals surface area contributed by atoms with Gasteiger partial charge in [-0.15, -0.1) is 0 Å². The number of primary amides is 1. The molecule has 0 aromatic rings. The van der Waals surface area contributed by atoms with Crippen LogP contribution in [0.1, 0.15) is 26.2 Å². The monoisotopic (exact) mass is 198 g/mol. The van der Waals surface area contributed by atoms with Crippen molar-refractivity contribution in [3.63, 3.8) is 0 Å². The minimum atomic E-state index is -0.771. The van der Waals surface area contributed by atoms with Crippen molar-refractivity contribution >= 4 is 11.6 Å². The van der Waals surface area contributed by atoms with E-state index >= 15 is 0 Å². The van der Waals surface area contributed by atoms with Gasteiger partial charge in [0.05, 0.1) is 11.8 Å². The Balaban J connectivity index is 3.69. The molecule has 0 saturated carbocycles. The molecule has 0 spiro atoms. The molecule has 0 fully saturated rings. The molecule has 0 aliphatic carbocycles. The molecule has 0 aliphatic heterocycles. The van der Waals surface area contributed by atoms with Crippen LogP contribution in [0.15, 0.2) is 12.7 Å². The molecule has 2 unspecified atom stereocenters. The van der Waals surface area contributed by atoms with E-state index in [2.05, 4.69) is 6.58 Å². The quantitative estimate of drug-likeness (QED) is 0.529. The van der Waals surface area contributed by atoms with Crippen LogP contribution in [0.25, 0.3) is 0 Å². The zero-order valence-electron chi connectivity index (χ0n) is 8.49. The van der Waals surface area contributed by atoms with Crippen LogP contribution in [0, 0.1) is 11.3 Å². The standard InChI is InChI=1S/C10H18N2O2/c1-3-8(11)9(13)6-4-5-7(2)10(12)14/h3,7,9,11,13H,1,4-6H2,2H3,(H2,12,14). The third-order valence-corrected chi connectivity index (χ3v) is 2.18. The summed E-state index contributed by atoms with van der Waals surface area (Å²) < 4.78 is 0. The molecule has 0 aromatic carbocycles. The van der Waals surface area contributed by atoms with Crippen LogP contribution in [0.4, 0.5) is 0 Å². The van der Waals surface area contributed by atoms with Gasteiger partial charge in [-0.2, -0.15) is 0 Å². The van der Waals surface area contributed by atoms with Crippen LogP contribution in [0.2, 0.25) is 0 Å².